The number of aromatic nitrogens is 5. The van der Waals surface area contributed by atoms with Crippen LogP contribution >= 0.6 is 0 Å². The van der Waals surface area contributed by atoms with E-state index in [1.165, 1.54) is 19.3 Å². The van der Waals surface area contributed by atoms with E-state index in [1.807, 2.05) is 0 Å². The molecule has 0 fully saturated rings. The largest absolute Gasteiger partial charge is 0.299 e. The van der Waals surface area contributed by atoms with Gasteiger partial charge in [0.15, 0.2) is 0 Å². The Morgan fingerprint density at radius 1 is 1.08 bits per heavy atom. The van der Waals surface area contributed by atoms with Gasteiger partial charge in [-0.15, -0.1) is 5.10 Å². The molecule has 3 rings (SSSR count). The van der Waals surface area contributed by atoms with Crippen molar-refractivity contribution in [1.82, 2.24) is 24.7 Å². The first-order chi connectivity index (χ1) is 11.4. The molecule has 1 aromatic carbocycles. The fourth-order valence-electron chi connectivity index (χ4n) is 1.85. The van der Waals surface area contributed by atoms with Crippen LogP contribution < -0.4 is 4.72 Å². The number of aryl methyl sites for hydroxylation is 1. The summed E-state index contributed by atoms with van der Waals surface area (Å²) in [5.74, 6) is -1.81. The number of halogens is 2. The summed E-state index contributed by atoms with van der Waals surface area (Å²) in [7, 11) is -4.40. The van der Waals surface area contributed by atoms with Gasteiger partial charge < -0.3 is 0 Å². The van der Waals surface area contributed by atoms with Gasteiger partial charge in [-0.25, -0.2) is 23.7 Å². The monoisotopic (exact) mass is 352 g/mol. The van der Waals surface area contributed by atoms with Gasteiger partial charge in [0.05, 0.1) is 0 Å². The van der Waals surface area contributed by atoms with Gasteiger partial charge in [0.1, 0.15) is 23.1 Å². The predicted molar refractivity (Wildman–Crippen MR) is 78.9 cm³/mol. The summed E-state index contributed by atoms with van der Waals surface area (Å²) in [6, 6.07) is 4.55. The number of rotatable bonds is 4. The maximum atomic E-state index is 13.6. The van der Waals surface area contributed by atoms with E-state index in [9.17, 15) is 17.2 Å². The Bertz CT molecular complexity index is 971. The lowest BCUT2D eigenvalue weighted by atomic mass is 10.3. The van der Waals surface area contributed by atoms with Gasteiger partial charge >= 0.3 is 0 Å². The van der Waals surface area contributed by atoms with E-state index >= 15 is 0 Å². The Labute approximate surface area is 135 Å². The third kappa shape index (κ3) is 2.93. The molecule has 124 valence electrons. The highest BCUT2D eigenvalue weighted by Gasteiger charge is 2.25. The highest BCUT2D eigenvalue weighted by Crippen LogP contribution is 2.21. The van der Waals surface area contributed by atoms with Crippen molar-refractivity contribution in [2.75, 3.05) is 4.72 Å². The number of nitrogens with one attached hydrogen (secondary N) is 1. The second kappa shape index (κ2) is 5.92. The highest BCUT2D eigenvalue weighted by atomic mass is 32.2. The zero-order valence-corrected chi connectivity index (χ0v) is 13.0. The van der Waals surface area contributed by atoms with Gasteiger partial charge in [-0.1, -0.05) is 6.07 Å². The second-order valence-corrected chi connectivity index (χ2v) is 6.18. The normalized spacial score (nSPS) is 11.5. The SMILES string of the molecule is Cc1nc(S(=O)(=O)Nc2c(F)cccc2F)nn1-c1ncccn1. The summed E-state index contributed by atoms with van der Waals surface area (Å²) >= 11 is 0. The van der Waals surface area contributed by atoms with Crippen LogP contribution in [0.5, 0.6) is 0 Å². The first kappa shape index (κ1) is 15.9. The van der Waals surface area contributed by atoms with Crippen molar-refractivity contribution in [3.8, 4) is 5.95 Å². The molecule has 0 spiro atoms. The Hall–Kier alpha value is -2.95. The van der Waals surface area contributed by atoms with Crippen LogP contribution in [-0.2, 0) is 10.0 Å². The van der Waals surface area contributed by atoms with Crippen LogP contribution in [0.4, 0.5) is 14.5 Å². The van der Waals surface area contributed by atoms with Gasteiger partial charge in [0.2, 0.25) is 0 Å². The van der Waals surface area contributed by atoms with Crippen LogP contribution in [0.25, 0.3) is 5.95 Å². The zero-order chi connectivity index (χ0) is 17.3. The molecule has 0 radical (unpaired) electrons. The molecule has 24 heavy (non-hydrogen) atoms. The molecular formula is C13H10F2N6O2S. The number of sulfonamides is 1. The summed E-state index contributed by atoms with van der Waals surface area (Å²) in [6.45, 7) is 1.49. The highest BCUT2D eigenvalue weighted by molar-refractivity contribution is 7.92. The summed E-state index contributed by atoms with van der Waals surface area (Å²) in [4.78, 5) is 11.7. The summed E-state index contributed by atoms with van der Waals surface area (Å²) in [5.41, 5.74) is -0.803. The molecule has 0 atom stereocenters. The minimum Gasteiger partial charge on any atom is -0.271 e. The minimum absolute atomic E-state index is 0.112. The first-order valence-corrected chi connectivity index (χ1v) is 8.05. The molecule has 2 heterocycles. The van der Waals surface area contributed by atoms with E-state index in [1.54, 1.807) is 10.8 Å². The molecule has 3 aromatic rings. The van der Waals surface area contributed by atoms with Gasteiger partial charge in [-0.05, 0) is 25.1 Å². The Morgan fingerprint density at radius 3 is 2.33 bits per heavy atom. The Kier molecular flexibility index (Phi) is 3.93. The lowest BCUT2D eigenvalue weighted by Gasteiger charge is -2.06. The summed E-state index contributed by atoms with van der Waals surface area (Å²) in [6.07, 6.45) is 2.90. The van der Waals surface area contributed by atoms with Crippen LogP contribution in [0, 0.1) is 18.6 Å². The van der Waals surface area contributed by atoms with E-state index in [2.05, 4.69) is 20.1 Å². The molecule has 0 saturated carbocycles. The molecule has 0 aliphatic rings. The van der Waals surface area contributed by atoms with Gasteiger partial charge in [-0.3, -0.25) is 4.72 Å². The number of anilines is 1. The summed E-state index contributed by atoms with van der Waals surface area (Å²) in [5, 5.41) is 3.14. The molecule has 0 aliphatic carbocycles. The number of benzene rings is 1. The molecule has 0 amide bonds. The van der Waals surface area contributed by atoms with Crippen molar-refractivity contribution in [3.05, 3.63) is 54.1 Å². The van der Waals surface area contributed by atoms with Gasteiger partial charge in [0, 0.05) is 12.4 Å². The topological polar surface area (TPSA) is 103 Å². The van der Waals surface area contributed by atoms with Crippen molar-refractivity contribution in [3.63, 3.8) is 0 Å². The number of hydrogen-bond donors (Lipinski definition) is 1. The molecule has 8 nitrogen and oxygen atoms in total. The number of para-hydroxylation sites is 1. The smallest absolute Gasteiger partial charge is 0.271 e. The molecule has 1 N–H and O–H groups in total. The number of nitrogens with zero attached hydrogens (tertiary/aromatic N) is 5. The third-order valence-electron chi connectivity index (χ3n) is 2.93. The molecule has 2 aromatic heterocycles. The Morgan fingerprint density at radius 2 is 1.71 bits per heavy atom. The fourth-order valence-corrected chi connectivity index (χ4v) is 2.84. The average molecular weight is 352 g/mol. The minimum atomic E-state index is -4.40. The van der Waals surface area contributed by atoms with E-state index in [4.69, 9.17) is 0 Å². The average Bonchev–Trinajstić information content (AvgIpc) is 2.95. The van der Waals surface area contributed by atoms with E-state index in [0.717, 1.165) is 22.9 Å². The molecule has 0 saturated heterocycles. The van der Waals surface area contributed by atoms with Crippen LogP contribution in [0.1, 0.15) is 5.82 Å². The van der Waals surface area contributed by atoms with Crippen LogP contribution in [0.2, 0.25) is 0 Å². The molecule has 0 aliphatic heterocycles. The van der Waals surface area contributed by atoms with Gasteiger partial charge in [-0.2, -0.15) is 13.1 Å². The fraction of sp³-hybridized carbons (Fsp3) is 0.0769. The first-order valence-electron chi connectivity index (χ1n) is 6.56. The molecular weight excluding hydrogens is 342 g/mol. The summed E-state index contributed by atoms with van der Waals surface area (Å²) < 4.78 is 54.7. The van der Waals surface area contributed by atoms with Crippen molar-refractivity contribution in [2.24, 2.45) is 0 Å². The third-order valence-corrected chi connectivity index (χ3v) is 4.06. The predicted octanol–water partition coefficient (Wildman–Crippen LogP) is 1.44. The van der Waals surface area contributed by atoms with Crippen LogP contribution in [0.15, 0.2) is 41.8 Å². The molecule has 0 bridgehead atoms. The van der Waals surface area contributed by atoms with Crippen molar-refractivity contribution in [2.45, 2.75) is 12.1 Å². The Balaban J connectivity index is 2.00. The molecule has 0 unspecified atom stereocenters. The zero-order valence-electron chi connectivity index (χ0n) is 12.2. The second-order valence-electron chi connectivity index (χ2n) is 4.60. The van der Waals surface area contributed by atoms with Crippen molar-refractivity contribution in [1.29, 1.82) is 0 Å². The van der Waals surface area contributed by atoms with Crippen molar-refractivity contribution >= 4 is 15.7 Å². The van der Waals surface area contributed by atoms with Crippen molar-refractivity contribution < 1.29 is 17.2 Å². The maximum absolute atomic E-state index is 13.6. The standard InChI is InChI=1S/C13H10F2N6O2S/c1-8-18-13(19-21(8)12-16-6-3-7-17-12)24(22,23)20-11-9(14)4-2-5-10(11)15/h2-7,20H,1H3. The van der Waals surface area contributed by atoms with E-state index in [-0.39, 0.29) is 11.8 Å². The van der Waals surface area contributed by atoms with Gasteiger partial charge in [0.25, 0.3) is 21.1 Å². The lowest BCUT2D eigenvalue weighted by Crippen LogP contribution is -2.17. The van der Waals surface area contributed by atoms with Crippen LogP contribution in [0.3, 0.4) is 0 Å². The van der Waals surface area contributed by atoms with Crippen LogP contribution in [-0.4, -0.2) is 33.2 Å². The van der Waals surface area contributed by atoms with E-state index in [0.29, 0.717) is 0 Å². The maximum Gasteiger partial charge on any atom is 0.299 e. The quantitative estimate of drug-likeness (QED) is 0.762. The number of hydrogen-bond acceptors (Lipinski definition) is 6. The lowest BCUT2D eigenvalue weighted by molar-refractivity contribution is 0.578. The van der Waals surface area contributed by atoms with E-state index < -0.39 is 32.5 Å². The molecule has 11 heteroatoms.